The second-order valence-corrected chi connectivity index (χ2v) is 7.08. The maximum Gasteiger partial charge on any atom is 0.306 e. The molecule has 0 amide bonds. The largest absolute Gasteiger partial charge is 0.466 e. The van der Waals surface area contributed by atoms with Gasteiger partial charge in [-0.2, -0.15) is 5.10 Å². The van der Waals surface area contributed by atoms with Crippen LogP contribution in [0.3, 0.4) is 0 Å². The number of thioether (sulfide) groups is 1. The Hall–Kier alpha value is -1.97. The van der Waals surface area contributed by atoms with Crippen LogP contribution in [-0.4, -0.2) is 33.1 Å². The summed E-state index contributed by atoms with van der Waals surface area (Å²) in [4.78, 5) is 16.5. The highest BCUT2D eigenvalue weighted by atomic mass is 35.5. The summed E-state index contributed by atoms with van der Waals surface area (Å²) in [5.41, 5.74) is 1.38. The van der Waals surface area contributed by atoms with Crippen LogP contribution >= 0.6 is 23.4 Å². The van der Waals surface area contributed by atoms with Crippen molar-refractivity contribution in [1.82, 2.24) is 14.8 Å². The molecule has 1 fully saturated rings. The number of carbonyl (C=O) groups is 1. The Balaban J connectivity index is 1.64. The van der Waals surface area contributed by atoms with Gasteiger partial charge in [0.15, 0.2) is 0 Å². The summed E-state index contributed by atoms with van der Waals surface area (Å²) in [6, 6.07) is 2.37. The molecule has 0 aromatic carbocycles. The van der Waals surface area contributed by atoms with Crippen LogP contribution in [0.2, 0.25) is 5.02 Å². The summed E-state index contributed by atoms with van der Waals surface area (Å²) >= 11 is 7.89. The van der Waals surface area contributed by atoms with E-state index in [4.69, 9.17) is 16.3 Å². The number of esters is 1. The molecule has 130 valence electrons. The van der Waals surface area contributed by atoms with Crippen molar-refractivity contribution in [2.24, 2.45) is 0 Å². The summed E-state index contributed by atoms with van der Waals surface area (Å²) in [7, 11) is 0. The highest BCUT2D eigenvalue weighted by molar-refractivity contribution is 7.99. The molecule has 2 heterocycles. The van der Waals surface area contributed by atoms with Gasteiger partial charge in [-0.15, -0.1) is 11.8 Å². The molecule has 1 aliphatic rings. The van der Waals surface area contributed by atoms with E-state index in [1.165, 1.54) is 24.6 Å². The van der Waals surface area contributed by atoms with Crippen LogP contribution in [0.15, 0.2) is 29.6 Å². The third-order valence-electron chi connectivity index (χ3n) is 3.57. The molecule has 0 radical (unpaired) electrons. The van der Waals surface area contributed by atoms with Gasteiger partial charge in [-0.1, -0.05) is 17.5 Å². The van der Waals surface area contributed by atoms with E-state index < -0.39 is 0 Å². The van der Waals surface area contributed by atoms with Gasteiger partial charge in [0.05, 0.1) is 35.9 Å². The van der Waals surface area contributed by atoms with Gasteiger partial charge < -0.3 is 4.74 Å². The van der Waals surface area contributed by atoms with E-state index in [0.717, 1.165) is 10.5 Å². The lowest BCUT2D eigenvalue weighted by Gasteiger charge is -2.05. The van der Waals surface area contributed by atoms with Gasteiger partial charge >= 0.3 is 5.97 Å². The Morgan fingerprint density at radius 1 is 1.48 bits per heavy atom. The smallest absolute Gasteiger partial charge is 0.306 e. The molecule has 3 rings (SSSR count). The molecule has 2 aromatic rings. The zero-order valence-corrected chi connectivity index (χ0v) is 15.4. The zero-order chi connectivity index (χ0) is 17.6. The number of ether oxygens (including phenoxy) is 1. The Bertz CT molecular complexity index is 821. The molecule has 0 bridgehead atoms. The van der Waals surface area contributed by atoms with Crippen molar-refractivity contribution >= 4 is 29.3 Å². The van der Waals surface area contributed by atoms with Gasteiger partial charge in [0.2, 0.25) is 0 Å². The quantitative estimate of drug-likeness (QED) is 0.437. The third-order valence-corrected chi connectivity index (χ3v) is 5.12. The van der Waals surface area contributed by atoms with Crippen molar-refractivity contribution in [3.05, 3.63) is 40.9 Å². The Labute approximate surface area is 156 Å². The number of hydrogen-bond donors (Lipinski definition) is 0. The van der Waals surface area contributed by atoms with E-state index in [2.05, 4.69) is 21.9 Å². The number of aromatic nitrogens is 3. The monoisotopic (exact) mass is 375 g/mol. The molecule has 1 aliphatic carbocycles. The van der Waals surface area contributed by atoms with Crippen LogP contribution in [0.5, 0.6) is 0 Å². The van der Waals surface area contributed by atoms with Gasteiger partial charge in [-0.25, -0.2) is 4.98 Å². The molecule has 5 nitrogen and oxygen atoms in total. The number of halogens is 1. The minimum Gasteiger partial charge on any atom is -0.466 e. The van der Waals surface area contributed by atoms with Crippen LogP contribution in [0.1, 0.15) is 43.5 Å². The van der Waals surface area contributed by atoms with E-state index in [1.807, 2.05) is 16.9 Å². The first kappa shape index (κ1) is 17.8. The average molecular weight is 376 g/mol. The maximum atomic E-state index is 11.4. The van der Waals surface area contributed by atoms with Gasteiger partial charge in [0, 0.05) is 23.0 Å². The number of rotatable bonds is 6. The van der Waals surface area contributed by atoms with Gasteiger partial charge in [-0.3, -0.25) is 9.48 Å². The van der Waals surface area contributed by atoms with Crippen molar-refractivity contribution in [2.45, 2.75) is 37.1 Å². The van der Waals surface area contributed by atoms with Crippen molar-refractivity contribution in [3.8, 4) is 11.8 Å². The van der Waals surface area contributed by atoms with E-state index in [-0.39, 0.29) is 5.97 Å². The number of hydrogen-bond acceptors (Lipinski definition) is 5. The van der Waals surface area contributed by atoms with Crippen molar-refractivity contribution in [1.29, 1.82) is 0 Å². The van der Waals surface area contributed by atoms with Crippen molar-refractivity contribution in [2.75, 3.05) is 12.4 Å². The van der Waals surface area contributed by atoms with Crippen LogP contribution < -0.4 is 0 Å². The minimum absolute atomic E-state index is 0.201. The lowest BCUT2D eigenvalue weighted by molar-refractivity contribution is -0.142. The predicted octanol–water partition coefficient (Wildman–Crippen LogP) is 3.71. The fraction of sp³-hybridized carbons (Fsp3) is 0.389. The third kappa shape index (κ3) is 5.00. The first-order valence-electron chi connectivity index (χ1n) is 8.16. The Kier molecular flexibility index (Phi) is 6.00. The van der Waals surface area contributed by atoms with Gasteiger partial charge in [0.1, 0.15) is 5.69 Å². The SMILES string of the molecule is CCOC(=O)CCSc1ccnc(C#Cc2cnn(C3CC3)c2)c1Cl. The molecule has 25 heavy (non-hydrogen) atoms. The second kappa shape index (κ2) is 8.41. The predicted molar refractivity (Wildman–Crippen MR) is 97.7 cm³/mol. The van der Waals surface area contributed by atoms with Crippen molar-refractivity contribution < 1.29 is 9.53 Å². The fourth-order valence-corrected chi connectivity index (χ4v) is 3.37. The van der Waals surface area contributed by atoms with Gasteiger partial charge in [-0.05, 0) is 31.8 Å². The van der Waals surface area contributed by atoms with Crippen LogP contribution in [0.4, 0.5) is 0 Å². The van der Waals surface area contributed by atoms with Crippen molar-refractivity contribution in [3.63, 3.8) is 0 Å². The minimum atomic E-state index is -0.201. The normalized spacial score (nSPS) is 13.2. The number of carbonyl (C=O) groups excluding carboxylic acids is 1. The van der Waals surface area contributed by atoms with E-state index in [1.54, 1.807) is 19.3 Å². The molecule has 7 heteroatoms. The zero-order valence-electron chi connectivity index (χ0n) is 13.9. The second-order valence-electron chi connectivity index (χ2n) is 5.57. The maximum absolute atomic E-state index is 11.4. The molecule has 0 N–H and O–H groups in total. The number of pyridine rings is 1. The summed E-state index contributed by atoms with van der Waals surface area (Å²) in [5, 5.41) is 4.83. The Morgan fingerprint density at radius 2 is 2.32 bits per heavy atom. The standard InChI is InChI=1S/C18H18ClN3O2S/c1-2-24-17(23)8-10-25-16-7-9-20-15(18(16)19)6-3-13-11-21-22(12-13)14-4-5-14/h7,9,11-12,14H,2,4-5,8,10H2,1H3. The Morgan fingerprint density at radius 3 is 3.08 bits per heavy atom. The first-order valence-corrected chi connectivity index (χ1v) is 9.53. The molecule has 1 saturated carbocycles. The average Bonchev–Trinajstić information content (AvgIpc) is 3.34. The first-order chi connectivity index (χ1) is 12.2. The number of nitrogens with zero attached hydrogens (tertiary/aromatic N) is 3. The summed E-state index contributed by atoms with van der Waals surface area (Å²) in [6.45, 7) is 2.20. The molecule has 0 saturated heterocycles. The molecule has 0 unspecified atom stereocenters. The highest BCUT2D eigenvalue weighted by Gasteiger charge is 2.23. The molecular formula is C18H18ClN3O2S. The van der Waals surface area contributed by atoms with E-state index in [9.17, 15) is 4.79 Å². The lowest BCUT2D eigenvalue weighted by atomic mass is 10.3. The van der Waals surface area contributed by atoms with E-state index >= 15 is 0 Å². The summed E-state index contributed by atoms with van der Waals surface area (Å²) in [6.07, 6.45) is 8.11. The highest BCUT2D eigenvalue weighted by Crippen LogP contribution is 2.34. The molecular weight excluding hydrogens is 358 g/mol. The van der Waals surface area contributed by atoms with Gasteiger partial charge in [0.25, 0.3) is 0 Å². The molecule has 2 aromatic heterocycles. The molecule has 0 spiro atoms. The fourth-order valence-electron chi connectivity index (χ4n) is 2.17. The topological polar surface area (TPSA) is 57.0 Å². The van der Waals surface area contributed by atoms with Crippen LogP contribution in [0, 0.1) is 11.8 Å². The summed E-state index contributed by atoms with van der Waals surface area (Å²) in [5.74, 6) is 6.47. The molecule has 0 atom stereocenters. The molecule has 0 aliphatic heterocycles. The lowest BCUT2D eigenvalue weighted by Crippen LogP contribution is -2.04. The van der Waals surface area contributed by atoms with Crippen LogP contribution in [0.25, 0.3) is 0 Å². The summed E-state index contributed by atoms with van der Waals surface area (Å²) < 4.78 is 6.88. The van der Waals surface area contributed by atoms with E-state index in [0.29, 0.717) is 35.5 Å². The van der Waals surface area contributed by atoms with Crippen LogP contribution in [-0.2, 0) is 9.53 Å².